The summed E-state index contributed by atoms with van der Waals surface area (Å²) < 4.78 is 39.4. The maximum atomic E-state index is 12.6. The van der Waals surface area contributed by atoms with Crippen LogP contribution in [0.2, 0.25) is 0 Å². The quantitative estimate of drug-likeness (QED) is 0.458. The van der Waals surface area contributed by atoms with Gasteiger partial charge in [-0.15, -0.1) is 0 Å². The van der Waals surface area contributed by atoms with Crippen molar-refractivity contribution in [3.05, 3.63) is 52.4 Å². The number of benzene rings is 1. The molecule has 0 radical (unpaired) electrons. The molecule has 5 nitrogen and oxygen atoms in total. The highest BCUT2D eigenvalue weighted by atomic mass is 19.4. The summed E-state index contributed by atoms with van der Waals surface area (Å²) in [6, 6.07) is 3.00. The number of azide groups is 1. The molecule has 0 saturated heterocycles. The minimum atomic E-state index is -4.48. The lowest BCUT2D eigenvalue weighted by molar-refractivity contribution is -0.137. The lowest BCUT2D eigenvalue weighted by Gasteiger charge is -2.12. The molecule has 1 heterocycles. The Labute approximate surface area is 105 Å². The van der Waals surface area contributed by atoms with Crippen molar-refractivity contribution >= 4 is 5.69 Å². The predicted molar refractivity (Wildman–Crippen MR) is 62.1 cm³/mol. The SMILES string of the molecule is Cc1nccn1-c1ccc(C(F)(F)F)cc1N=[N+]=[N-]. The van der Waals surface area contributed by atoms with Crippen LogP contribution >= 0.6 is 0 Å². The molecular formula is C11H8F3N5. The first-order chi connectivity index (χ1) is 8.93. The smallest absolute Gasteiger partial charge is 0.304 e. The fourth-order valence-electron chi connectivity index (χ4n) is 1.66. The van der Waals surface area contributed by atoms with E-state index in [1.165, 1.54) is 12.3 Å². The first kappa shape index (κ1) is 13.0. The van der Waals surface area contributed by atoms with Crippen LogP contribution in [0.5, 0.6) is 0 Å². The number of imidazole rings is 1. The van der Waals surface area contributed by atoms with Crippen LogP contribution in [-0.2, 0) is 6.18 Å². The molecule has 1 aromatic heterocycles. The van der Waals surface area contributed by atoms with E-state index in [2.05, 4.69) is 15.0 Å². The molecule has 0 amide bonds. The van der Waals surface area contributed by atoms with Crippen LogP contribution in [0.15, 0.2) is 35.7 Å². The highest BCUT2D eigenvalue weighted by molar-refractivity contribution is 5.59. The molecule has 0 N–H and O–H groups in total. The molecule has 0 atom stereocenters. The maximum absolute atomic E-state index is 12.6. The standard InChI is InChI=1S/C11H8F3N5/c1-7-16-4-5-19(7)10-3-2-8(11(12,13)14)6-9(10)17-18-15/h2-6H,1H3. The zero-order chi connectivity index (χ0) is 14.0. The number of alkyl halides is 3. The van der Waals surface area contributed by atoms with Crippen molar-refractivity contribution in [2.45, 2.75) is 13.1 Å². The maximum Gasteiger partial charge on any atom is 0.416 e. The van der Waals surface area contributed by atoms with Crippen LogP contribution in [0.25, 0.3) is 16.1 Å². The number of aryl methyl sites for hydroxylation is 1. The second-order valence-corrected chi connectivity index (χ2v) is 3.74. The zero-order valence-corrected chi connectivity index (χ0v) is 9.76. The van der Waals surface area contributed by atoms with E-state index in [9.17, 15) is 13.2 Å². The van der Waals surface area contributed by atoms with E-state index in [4.69, 9.17) is 5.53 Å². The molecule has 19 heavy (non-hydrogen) atoms. The van der Waals surface area contributed by atoms with Crippen molar-refractivity contribution < 1.29 is 13.2 Å². The Balaban J connectivity index is 2.63. The van der Waals surface area contributed by atoms with Gasteiger partial charge in [0.2, 0.25) is 0 Å². The first-order valence-electron chi connectivity index (χ1n) is 5.20. The van der Waals surface area contributed by atoms with Crippen LogP contribution in [0.4, 0.5) is 18.9 Å². The van der Waals surface area contributed by atoms with Gasteiger partial charge in [0.05, 0.1) is 16.9 Å². The Kier molecular flexibility index (Phi) is 3.18. The highest BCUT2D eigenvalue weighted by Crippen LogP contribution is 2.34. The van der Waals surface area contributed by atoms with E-state index < -0.39 is 11.7 Å². The van der Waals surface area contributed by atoms with Gasteiger partial charge in [0.15, 0.2) is 0 Å². The van der Waals surface area contributed by atoms with Crippen LogP contribution in [0.3, 0.4) is 0 Å². The number of rotatable bonds is 2. The Morgan fingerprint density at radius 2 is 2.11 bits per heavy atom. The van der Waals surface area contributed by atoms with Gasteiger partial charge in [0, 0.05) is 17.3 Å². The predicted octanol–water partition coefficient (Wildman–Crippen LogP) is 4.14. The minimum absolute atomic E-state index is 0.0987. The lowest BCUT2D eigenvalue weighted by Crippen LogP contribution is -2.05. The summed E-state index contributed by atoms with van der Waals surface area (Å²) in [6.07, 6.45) is -1.40. The summed E-state index contributed by atoms with van der Waals surface area (Å²) in [4.78, 5) is 6.52. The van der Waals surface area contributed by atoms with Gasteiger partial charge in [-0.3, -0.25) is 0 Å². The average molecular weight is 267 g/mol. The number of hydrogen-bond donors (Lipinski definition) is 0. The van der Waals surface area contributed by atoms with E-state index in [0.29, 0.717) is 11.5 Å². The van der Waals surface area contributed by atoms with Crippen LogP contribution in [0, 0.1) is 6.92 Å². The normalized spacial score (nSPS) is 11.2. The van der Waals surface area contributed by atoms with E-state index in [-0.39, 0.29) is 5.69 Å². The van der Waals surface area contributed by atoms with Gasteiger partial charge in [-0.1, -0.05) is 5.11 Å². The van der Waals surface area contributed by atoms with Gasteiger partial charge >= 0.3 is 6.18 Å². The lowest BCUT2D eigenvalue weighted by atomic mass is 10.1. The second-order valence-electron chi connectivity index (χ2n) is 3.74. The highest BCUT2D eigenvalue weighted by Gasteiger charge is 2.31. The molecule has 98 valence electrons. The van der Waals surface area contributed by atoms with E-state index >= 15 is 0 Å². The van der Waals surface area contributed by atoms with Gasteiger partial charge in [0.1, 0.15) is 5.82 Å². The van der Waals surface area contributed by atoms with Crippen molar-refractivity contribution in [1.29, 1.82) is 0 Å². The zero-order valence-electron chi connectivity index (χ0n) is 9.76. The Morgan fingerprint density at radius 1 is 1.37 bits per heavy atom. The molecule has 0 bridgehead atoms. The van der Waals surface area contributed by atoms with Gasteiger partial charge < -0.3 is 4.57 Å². The van der Waals surface area contributed by atoms with Gasteiger partial charge in [0.25, 0.3) is 0 Å². The summed E-state index contributed by atoms with van der Waals surface area (Å²) in [6.45, 7) is 1.69. The van der Waals surface area contributed by atoms with Gasteiger partial charge in [-0.05, 0) is 30.7 Å². The Hall–Kier alpha value is -2.47. The topological polar surface area (TPSA) is 66.6 Å². The van der Waals surface area contributed by atoms with Crippen molar-refractivity contribution in [3.8, 4) is 5.69 Å². The summed E-state index contributed by atoms with van der Waals surface area (Å²) in [7, 11) is 0. The van der Waals surface area contributed by atoms with Crippen molar-refractivity contribution in [2.24, 2.45) is 5.11 Å². The third-order valence-corrected chi connectivity index (χ3v) is 2.54. The Bertz CT molecular complexity index is 653. The van der Waals surface area contributed by atoms with E-state index in [0.717, 1.165) is 12.1 Å². The van der Waals surface area contributed by atoms with Gasteiger partial charge in [-0.25, -0.2) is 4.98 Å². The summed E-state index contributed by atoms with van der Waals surface area (Å²) in [5.41, 5.74) is 7.84. The number of halogens is 3. The van der Waals surface area contributed by atoms with Crippen molar-refractivity contribution in [3.63, 3.8) is 0 Å². The molecule has 0 aliphatic heterocycles. The summed E-state index contributed by atoms with van der Waals surface area (Å²) in [5, 5.41) is 3.31. The summed E-state index contributed by atoms with van der Waals surface area (Å²) in [5.74, 6) is 0.578. The largest absolute Gasteiger partial charge is 0.416 e. The minimum Gasteiger partial charge on any atom is -0.304 e. The molecule has 1 aromatic carbocycles. The van der Waals surface area contributed by atoms with Crippen LogP contribution in [-0.4, -0.2) is 9.55 Å². The van der Waals surface area contributed by atoms with E-state index in [1.54, 1.807) is 17.7 Å². The fraction of sp³-hybridized carbons (Fsp3) is 0.182. The van der Waals surface area contributed by atoms with Crippen molar-refractivity contribution in [1.82, 2.24) is 9.55 Å². The average Bonchev–Trinajstić information content (AvgIpc) is 2.74. The van der Waals surface area contributed by atoms with Crippen LogP contribution in [0.1, 0.15) is 11.4 Å². The molecule has 0 saturated carbocycles. The third-order valence-electron chi connectivity index (χ3n) is 2.54. The molecule has 0 unspecified atom stereocenters. The molecule has 0 aliphatic carbocycles. The fourth-order valence-corrected chi connectivity index (χ4v) is 1.66. The Morgan fingerprint density at radius 3 is 2.63 bits per heavy atom. The van der Waals surface area contributed by atoms with E-state index in [1.807, 2.05) is 0 Å². The van der Waals surface area contributed by atoms with Gasteiger partial charge in [-0.2, -0.15) is 13.2 Å². The molecular weight excluding hydrogens is 259 g/mol. The third kappa shape index (κ3) is 2.53. The molecule has 8 heteroatoms. The monoisotopic (exact) mass is 267 g/mol. The number of nitrogens with zero attached hydrogens (tertiary/aromatic N) is 5. The van der Waals surface area contributed by atoms with Crippen molar-refractivity contribution in [2.75, 3.05) is 0 Å². The molecule has 0 spiro atoms. The molecule has 2 aromatic rings. The summed E-state index contributed by atoms with van der Waals surface area (Å²) >= 11 is 0. The first-order valence-corrected chi connectivity index (χ1v) is 5.20. The second kappa shape index (κ2) is 4.66. The number of aromatic nitrogens is 2. The van der Waals surface area contributed by atoms with Crippen LogP contribution < -0.4 is 0 Å². The number of hydrogen-bond acceptors (Lipinski definition) is 2. The molecule has 2 rings (SSSR count). The molecule has 0 fully saturated rings. The molecule has 0 aliphatic rings.